The standard InChI is InChI=1S/C17H25ClN2O/c1-3-8-17(9-5-10-19-17)16(21)20-13(2)11-14-6-4-7-15(18)12-14/h4,6-7,12-13,19H,3,5,8-11H2,1-2H3,(H,20,21). The third-order valence-corrected chi connectivity index (χ3v) is 4.40. The fourth-order valence-corrected chi connectivity index (χ4v) is 3.40. The molecule has 0 spiro atoms. The largest absolute Gasteiger partial charge is 0.352 e. The van der Waals surface area contributed by atoms with Crippen LogP contribution in [0.15, 0.2) is 24.3 Å². The molecule has 2 unspecified atom stereocenters. The van der Waals surface area contributed by atoms with Crippen molar-refractivity contribution in [3.05, 3.63) is 34.9 Å². The molecule has 2 N–H and O–H groups in total. The van der Waals surface area contributed by atoms with Gasteiger partial charge in [-0.25, -0.2) is 0 Å². The second-order valence-electron chi connectivity index (χ2n) is 6.07. The van der Waals surface area contributed by atoms with Crippen molar-refractivity contribution >= 4 is 17.5 Å². The van der Waals surface area contributed by atoms with Crippen molar-refractivity contribution < 1.29 is 4.79 Å². The average Bonchev–Trinajstić information content (AvgIpc) is 2.89. The van der Waals surface area contributed by atoms with Crippen LogP contribution in [0.25, 0.3) is 0 Å². The lowest BCUT2D eigenvalue weighted by Crippen LogP contribution is -2.55. The van der Waals surface area contributed by atoms with E-state index in [4.69, 9.17) is 11.6 Å². The Hall–Kier alpha value is -1.06. The number of hydrogen-bond donors (Lipinski definition) is 2. The van der Waals surface area contributed by atoms with E-state index in [2.05, 4.69) is 17.6 Å². The Morgan fingerprint density at radius 1 is 1.52 bits per heavy atom. The highest BCUT2D eigenvalue weighted by Crippen LogP contribution is 2.25. The second kappa shape index (κ2) is 7.28. The predicted molar refractivity (Wildman–Crippen MR) is 87.6 cm³/mol. The number of carbonyl (C=O) groups is 1. The van der Waals surface area contributed by atoms with Crippen molar-refractivity contribution in [1.82, 2.24) is 10.6 Å². The lowest BCUT2D eigenvalue weighted by Gasteiger charge is -2.29. The van der Waals surface area contributed by atoms with Crippen LogP contribution in [0, 0.1) is 0 Å². The molecule has 1 amide bonds. The van der Waals surface area contributed by atoms with Crippen molar-refractivity contribution in [2.45, 2.75) is 57.5 Å². The molecule has 21 heavy (non-hydrogen) atoms. The number of hydrogen-bond acceptors (Lipinski definition) is 2. The summed E-state index contributed by atoms with van der Waals surface area (Å²) >= 11 is 6.00. The van der Waals surface area contributed by atoms with Crippen LogP contribution in [-0.4, -0.2) is 24.0 Å². The third kappa shape index (κ3) is 4.21. The molecular formula is C17H25ClN2O. The van der Waals surface area contributed by atoms with Crippen molar-refractivity contribution in [3.63, 3.8) is 0 Å². The van der Waals surface area contributed by atoms with Gasteiger partial charge in [0, 0.05) is 11.1 Å². The molecule has 1 aromatic carbocycles. The van der Waals surface area contributed by atoms with Crippen molar-refractivity contribution in [1.29, 1.82) is 0 Å². The van der Waals surface area contributed by atoms with E-state index in [1.807, 2.05) is 31.2 Å². The maximum Gasteiger partial charge on any atom is 0.240 e. The molecule has 1 aliphatic rings. The van der Waals surface area contributed by atoms with E-state index in [0.717, 1.165) is 49.2 Å². The maximum absolute atomic E-state index is 12.6. The van der Waals surface area contributed by atoms with E-state index in [9.17, 15) is 4.79 Å². The van der Waals surface area contributed by atoms with E-state index in [1.54, 1.807) is 0 Å². The lowest BCUT2D eigenvalue weighted by atomic mass is 9.90. The van der Waals surface area contributed by atoms with Gasteiger partial charge in [0.2, 0.25) is 5.91 Å². The molecular weight excluding hydrogens is 284 g/mol. The monoisotopic (exact) mass is 308 g/mol. The highest BCUT2D eigenvalue weighted by atomic mass is 35.5. The number of rotatable bonds is 6. The fourth-order valence-electron chi connectivity index (χ4n) is 3.18. The molecule has 1 fully saturated rings. The summed E-state index contributed by atoms with van der Waals surface area (Å²) in [5.41, 5.74) is 0.802. The molecule has 2 atom stereocenters. The number of carbonyl (C=O) groups excluding carboxylic acids is 1. The SMILES string of the molecule is CCCC1(C(=O)NC(C)Cc2cccc(Cl)c2)CCCN1. The van der Waals surface area contributed by atoms with Gasteiger partial charge in [-0.05, 0) is 56.8 Å². The molecule has 116 valence electrons. The average molecular weight is 309 g/mol. The molecule has 0 saturated carbocycles. The lowest BCUT2D eigenvalue weighted by molar-refractivity contribution is -0.128. The Bertz CT molecular complexity index is 483. The molecule has 2 rings (SSSR count). The van der Waals surface area contributed by atoms with Gasteiger partial charge in [0.15, 0.2) is 0 Å². The van der Waals surface area contributed by atoms with Gasteiger partial charge in [0.05, 0.1) is 5.54 Å². The molecule has 1 aliphatic heterocycles. The summed E-state index contributed by atoms with van der Waals surface area (Å²) < 4.78 is 0. The van der Waals surface area contributed by atoms with E-state index in [0.29, 0.717) is 0 Å². The topological polar surface area (TPSA) is 41.1 Å². The zero-order valence-corrected chi connectivity index (χ0v) is 13.7. The molecule has 0 bridgehead atoms. The maximum atomic E-state index is 12.6. The third-order valence-electron chi connectivity index (χ3n) is 4.16. The Morgan fingerprint density at radius 3 is 2.95 bits per heavy atom. The molecule has 0 radical (unpaired) electrons. The van der Waals surface area contributed by atoms with Crippen LogP contribution in [0.4, 0.5) is 0 Å². The van der Waals surface area contributed by atoms with Crippen LogP contribution in [0.1, 0.15) is 45.1 Å². The smallest absolute Gasteiger partial charge is 0.240 e. The Balaban J connectivity index is 1.95. The van der Waals surface area contributed by atoms with Crippen LogP contribution in [0.3, 0.4) is 0 Å². The zero-order chi connectivity index (χ0) is 15.3. The van der Waals surface area contributed by atoms with Crippen LogP contribution >= 0.6 is 11.6 Å². The molecule has 1 saturated heterocycles. The predicted octanol–water partition coefficient (Wildman–Crippen LogP) is 3.31. The van der Waals surface area contributed by atoms with Gasteiger partial charge in [0.1, 0.15) is 0 Å². The highest BCUT2D eigenvalue weighted by Gasteiger charge is 2.40. The molecule has 1 aromatic rings. The molecule has 0 aromatic heterocycles. The first-order chi connectivity index (χ1) is 10.1. The minimum atomic E-state index is -0.350. The first-order valence-electron chi connectivity index (χ1n) is 7.86. The number of benzene rings is 1. The summed E-state index contributed by atoms with van der Waals surface area (Å²) in [6.07, 6.45) is 4.74. The van der Waals surface area contributed by atoms with Gasteiger partial charge in [-0.3, -0.25) is 4.79 Å². The normalized spacial score (nSPS) is 23.0. The number of halogens is 1. The van der Waals surface area contributed by atoms with E-state index >= 15 is 0 Å². The van der Waals surface area contributed by atoms with Crippen molar-refractivity contribution in [2.75, 3.05) is 6.54 Å². The van der Waals surface area contributed by atoms with Crippen molar-refractivity contribution in [3.8, 4) is 0 Å². The van der Waals surface area contributed by atoms with Gasteiger partial charge in [-0.1, -0.05) is 37.1 Å². The van der Waals surface area contributed by atoms with Crippen LogP contribution in [0.5, 0.6) is 0 Å². The molecule has 3 nitrogen and oxygen atoms in total. The quantitative estimate of drug-likeness (QED) is 0.846. The van der Waals surface area contributed by atoms with Gasteiger partial charge in [-0.2, -0.15) is 0 Å². The van der Waals surface area contributed by atoms with Gasteiger partial charge < -0.3 is 10.6 Å². The van der Waals surface area contributed by atoms with Crippen LogP contribution in [-0.2, 0) is 11.2 Å². The number of amides is 1. The minimum Gasteiger partial charge on any atom is -0.352 e. The molecule has 0 aliphatic carbocycles. The highest BCUT2D eigenvalue weighted by molar-refractivity contribution is 6.30. The Labute approximate surface area is 132 Å². The van der Waals surface area contributed by atoms with E-state index in [-0.39, 0.29) is 17.5 Å². The van der Waals surface area contributed by atoms with E-state index < -0.39 is 0 Å². The van der Waals surface area contributed by atoms with Crippen LogP contribution in [0.2, 0.25) is 5.02 Å². The van der Waals surface area contributed by atoms with Gasteiger partial charge in [-0.15, -0.1) is 0 Å². The summed E-state index contributed by atoms with van der Waals surface area (Å²) in [6, 6.07) is 7.92. The first kappa shape index (κ1) is 16.3. The van der Waals surface area contributed by atoms with Gasteiger partial charge >= 0.3 is 0 Å². The summed E-state index contributed by atoms with van der Waals surface area (Å²) in [5.74, 6) is 0.149. The number of nitrogens with one attached hydrogen (secondary N) is 2. The summed E-state index contributed by atoms with van der Waals surface area (Å²) in [6.45, 7) is 5.12. The van der Waals surface area contributed by atoms with Crippen molar-refractivity contribution in [2.24, 2.45) is 0 Å². The zero-order valence-electron chi connectivity index (χ0n) is 12.9. The summed E-state index contributed by atoms with van der Waals surface area (Å²) in [7, 11) is 0. The Kier molecular flexibility index (Phi) is 5.65. The van der Waals surface area contributed by atoms with E-state index in [1.165, 1.54) is 0 Å². The summed E-state index contributed by atoms with van der Waals surface area (Å²) in [5, 5.41) is 7.33. The molecule has 4 heteroatoms. The minimum absolute atomic E-state index is 0.104. The molecule has 1 heterocycles. The fraction of sp³-hybridized carbons (Fsp3) is 0.588. The van der Waals surface area contributed by atoms with Crippen LogP contribution < -0.4 is 10.6 Å². The first-order valence-corrected chi connectivity index (χ1v) is 8.24. The second-order valence-corrected chi connectivity index (χ2v) is 6.51. The van der Waals surface area contributed by atoms with Gasteiger partial charge in [0.25, 0.3) is 0 Å². The Morgan fingerprint density at radius 2 is 2.33 bits per heavy atom. The summed E-state index contributed by atoms with van der Waals surface area (Å²) in [4.78, 5) is 12.6.